The van der Waals surface area contributed by atoms with E-state index in [9.17, 15) is 5.26 Å². The molecule has 0 amide bonds. The Kier molecular flexibility index (Phi) is 3.21. The van der Waals surface area contributed by atoms with Crippen molar-refractivity contribution < 1.29 is 4.42 Å². The highest BCUT2D eigenvalue weighted by Gasteiger charge is 2.43. The largest absolute Gasteiger partial charge is 0.424 e. The molecule has 0 bridgehead atoms. The lowest BCUT2D eigenvalue weighted by molar-refractivity contribution is 0.487. The molecule has 1 aliphatic rings. The third-order valence-corrected chi connectivity index (χ3v) is 3.57. The molecule has 1 fully saturated rings. The van der Waals surface area contributed by atoms with E-state index in [1.165, 1.54) is 5.56 Å². The molecule has 21 heavy (non-hydrogen) atoms. The van der Waals surface area contributed by atoms with Gasteiger partial charge in [0, 0.05) is 11.5 Å². The fourth-order valence-electron chi connectivity index (χ4n) is 2.53. The zero-order valence-corrected chi connectivity index (χ0v) is 12.6. The summed E-state index contributed by atoms with van der Waals surface area (Å²) in [6.45, 7) is 6.08. The number of nitrogens with zero attached hydrogens (tertiary/aromatic N) is 2. The monoisotopic (exact) mass is 281 g/mol. The molecule has 1 heterocycles. The van der Waals surface area contributed by atoms with Crippen LogP contribution in [0.15, 0.2) is 34.7 Å². The average molecular weight is 281 g/mol. The number of benzene rings is 1. The molecule has 1 aromatic heterocycles. The first-order valence-electron chi connectivity index (χ1n) is 7.22. The van der Waals surface area contributed by atoms with Crippen LogP contribution in [-0.4, -0.2) is 10.5 Å². The van der Waals surface area contributed by atoms with E-state index in [2.05, 4.69) is 28.5 Å². The van der Waals surface area contributed by atoms with Crippen LogP contribution in [0.1, 0.15) is 56.2 Å². The molecule has 0 radical (unpaired) electrons. The third kappa shape index (κ3) is 2.92. The van der Waals surface area contributed by atoms with Gasteiger partial charge in [-0.1, -0.05) is 30.3 Å². The molecule has 4 heteroatoms. The Labute approximate surface area is 124 Å². The van der Waals surface area contributed by atoms with Crippen molar-refractivity contribution in [1.29, 1.82) is 5.26 Å². The number of aromatic nitrogens is 1. The van der Waals surface area contributed by atoms with Crippen molar-refractivity contribution in [2.75, 3.05) is 5.32 Å². The highest BCUT2D eigenvalue weighted by Crippen LogP contribution is 2.54. The Bertz CT molecular complexity index is 676. The van der Waals surface area contributed by atoms with E-state index in [0.29, 0.717) is 23.4 Å². The molecule has 0 aliphatic heterocycles. The van der Waals surface area contributed by atoms with Crippen LogP contribution in [0.2, 0.25) is 0 Å². The molecular formula is C17H19N3O. The summed E-state index contributed by atoms with van der Waals surface area (Å²) in [6, 6.07) is 12.5. The van der Waals surface area contributed by atoms with E-state index in [-0.39, 0.29) is 11.5 Å². The van der Waals surface area contributed by atoms with Crippen LogP contribution in [0, 0.1) is 11.3 Å². The van der Waals surface area contributed by atoms with Gasteiger partial charge in [-0.05, 0) is 38.7 Å². The molecule has 2 atom stereocenters. The van der Waals surface area contributed by atoms with Gasteiger partial charge in [0.05, 0.1) is 0 Å². The number of hydrogen-bond acceptors (Lipinski definition) is 4. The average Bonchev–Trinajstić information content (AvgIpc) is 3.14. The van der Waals surface area contributed by atoms with Crippen LogP contribution in [0.3, 0.4) is 0 Å². The minimum Gasteiger partial charge on any atom is -0.424 e. The summed E-state index contributed by atoms with van der Waals surface area (Å²) in [6.07, 6.45) is 1.03. The SMILES string of the molecule is CC(C)(C)Nc1oc([C@H]2C[C@@H]2c2ccccc2)nc1C#N. The minimum atomic E-state index is -0.162. The third-order valence-electron chi connectivity index (χ3n) is 3.57. The predicted octanol–water partition coefficient (Wildman–Crippen LogP) is 4.03. The first-order valence-corrected chi connectivity index (χ1v) is 7.22. The number of oxazole rings is 1. The summed E-state index contributed by atoms with van der Waals surface area (Å²) in [5.41, 5.74) is 1.49. The number of hydrogen-bond donors (Lipinski definition) is 1. The fourth-order valence-corrected chi connectivity index (χ4v) is 2.53. The molecule has 2 aromatic rings. The quantitative estimate of drug-likeness (QED) is 0.922. The van der Waals surface area contributed by atoms with E-state index in [1.807, 2.05) is 39.0 Å². The number of nitrogens with one attached hydrogen (secondary N) is 1. The van der Waals surface area contributed by atoms with Crippen molar-refractivity contribution in [3.63, 3.8) is 0 Å². The number of nitriles is 1. The Morgan fingerprint density at radius 1 is 1.24 bits per heavy atom. The summed E-state index contributed by atoms with van der Waals surface area (Å²) in [7, 11) is 0. The van der Waals surface area contributed by atoms with E-state index in [4.69, 9.17) is 4.42 Å². The van der Waals surface area contributed by atoms with Crippen LogP contribution < -0.4 is 5.32 Å². The zero-order chi connectivity index (χ0) is 15.0. The maximum Gasteiger partial charge on any atom is 0.232 e. The van der Waals surface area contributed by atoms with Crippen LogP contribution in [-0.2, 0) is 0 Å². The summed E-state index contributed by atoms with van der Waals surface area (Å²) < 4.78 is 5.81. The van der Waals surface area contributed by atoms with Gasteiger partial charge in [0.25, 0.3) is 0 Å². The first-order chi connectivity index (χ1) is 9.98. The van der Waals surface area contributed by atoms with Crippen molar-refractivity contribution >= 4 is 5.88 Å². The number of anilines is 1. The van der Waals surface area contributed by atoms with Crippen LogP contribution in [0.4, 0.5) is 5.88 Å². The van der Waals surface area contributed by atoms with Gasteiger partial charge < -0.3 is 9.73 Å². The van der Waals surface area contributed by atoms with Gasteiger partial charge in [0.1, 0.15) is 6.07 Å². The lowest BCUT2D eigenvalue weighted by atomic mass is 10.1. The summed E-state index contributed by atoms with van der Waals surface area (Å²) in [5.74, 6) is 1.90. The molecule has 1 N–H and O–H groups in total. The van der Waals surface area contributed by atoms with Crippen molar-refractivity contribution in [3.05, 3.63) is 47.5 Å². The van der Waals surface area contributed by atoms with E-state index < -0.39 is 0 Å². The standard InChI is InChI=1S/C17H19N3O/c1-17(2,3)20-16-14(10-18)19-15(21-16)13-9-12(13)11-7-5-4-6-8-11/h4-8,12-13,20H,9H2,1-3H3/t12-,13+/m1/s1. The predicted molar refractivity (Wildman–Crippen MR) is 81.1 cm³/mol. The lowest BCUT2D eigenvalue weighted by Crippen LogP contribution is -2.26. The normalized spacial score (nSPS) is 20.9. The smallest absolute Gasteiger partial charge is 0.232 e. The van der Waals surface area contributed by atoms with Crippen molar-refractivity contribution in [2.45, 2.75) is 44.6 Å². The minimum absolute atomic E-state index is 0.162. The molecule has 3 rings (SSSR count). The molecule has 1 aliphatic carbocycles. The second kappa shape index (κ2) is 4.92. The molecule has 0 saturated heterocycles. The van der Waals surface area contributed by atoms with Crippen molar-refractivity contribution in [2.24, 2.45) is 0 Å². The summed E-state index contributed by atoms with van der Waals surface area (Å²) in [5, 5.41) is 12.4. The molecule has 1 saturated carbocycles. The highest BCUT2D eigenvalue weighted by molar-refractivity contribution is 5.48. The van der Waals surface area contributed by atoms with E-state index in [1.54, 1.807) is 0 Å². The molecule has 0 unspecified atom stereocenters. The maximum atomic E-state index is 9.20. The maximum absolute atomic E-state index is 9.20. The number of rotatable bonds is 3. The summed E-state index contributed by atoms with van der Waals surface area (Å²) >= 11 is 0. The summed E-state index contributed by atoms with van der Waals surface area (Å²) in [4.78, 5) is 4.36. The van der Waals surface area contributed by atoms with Gasteiger partial charge in [-0.15, -0.1) is 0 Å². The molecule has 108 valence electrons. The van der Waals surface area contributed by atoms with E-state index in [0.717, 1.165) is 6.42 Å². The fraction of sp³-hybridized carbons (Fsp3) is 0.412. The first kappa shape index (κ1) is 13.7. The van der Waals surface area contributed by atoms with Gasteiger partial charge >= 0.3 is 0 Å². The van der Waals surface area contributed by atoms with Crippen LogP contribution in [0.25, 0.3) is 0 Å². The second-order valence-electron chi connectivity index (χ2n) is 6.58. The molecule has 0 spiro atoms. The lowest BCUT2D eigenvalue weighted by Gasteiger charge is -2.19. The van der Waals surface area contributed by atoms with Gasteiger partial charge in [-0.2, -0.15) is 5.26 Å². The second-order valence-corrected chi connectivity index (χ2v) is 6.58. The van der Waals surface area contributed by atoms with E-state index >= 15 is 0 Å². The highest BCUT2D eigenvalue weighted by atomic mass is 16.4. The van der Waals surface area contributed by atoms with Crippen molar-refractivity contribution in [3.8, 4) is 6.07 Å². The van der Waals surface area contributed by atoms with Gasteiger partial charge in [0.2, 0.25) is 17.5 Å². The van der Waals surface area contributed by atoms with Gasteiger partial charge in [-0.25, -0.2) is 4.98 Å². The Morgan fingerprint density at radius 2 is 1.95 bits per heavy atom. The Morgan fingerprint density at radius 3 is 2.57 bits per heavy atom. The zero-order valence-electron chi connectivity index (χ0n) is 12.6. The Balaban J connectivity index is 1.81. The topological polar surface area (TPSA) is 61.9 Å². The van der Waals surface area contributed by atoms with Gasteiger partial charge in [0.15, 0.2) is 0 Å². The van der Waals surface area contributed by atoms with Crippen LogP contribution in [0.5, 0.6) is 0 Å². The van der Waals surface area contributed by atoms with Gasteiger partial charge in [-0.3, -0.25) is 0 Å². The Hall–Kier alpha value is -2.28. The van der Waals surface area contributed by atoms with Crippen LogP contribution >= 0.6 is 0 Å². The molecule has 4 nitrogen and oxygen atoms in total. The van der Waals surface area contributed by atoms with Crippen molar-refractivity contribution in [1.82, 2.24) is 4.98 Å². The molecular weight excluding hydrogens is 262 g/mol. The molecule has 1 aromatic carbocycles.